The molecule has 0 bridgehead atoms. The van der Waals surface area contributed by atoms with E-state index in [0.29, 0.717) is 0 Å². The van der Waals surface area contributed by atoms with Crippen LogP contribution in [0.1, 0.15) is 27.2 Å². The van der Waals surface area contributed by atoms with E-state index in [-0.39, 0.29) is 17.2 Å². The molecule has 76 valence electrons. The van der Waals surface area contributed by atoms with Crippen molar-refractivity contribution in [2.24, 2.45) is 0 Å². The smallest absolute Gasteiger partial charge is 0.119 e. The van der Waals surface area contributed by atoms with Crippen LogP contribution in [0.3, 0.4) is 0 Å². The van der Waals surface area contributed by atoms with Gasteiger partial charge in [0.2, 0.25) is 0 Å². The van der Waals surface area contributed by atoms with Gasteiger partial charge in [-0.15, -0.1) is 0 Å². The third-order valence-electron chi connectivity index (χ3n) is 3.25. The fourth-order valence-corrected chi connectivity index (χ4v) is 2.11. The summed E-state index contributed by atoms with van der Waals surface area (Å²) in [7, 11) is 0. The summed E-state index contributed by atoms with van der Waals surface area (Å²) >= 11 is 0. The van der Waals surface area contributed by atoms with Gasteiger partial charge in [0.25, 0.3) is 0 Å². The Labute approximate surface area is 79.7 Å². The van der Waals surface area contributed by atoms with Crippen LogP contribution in [0.15, 0.2) is 0 Å². The van der Waals surface area contributed by atoms with E-state index in [0.717, 1.165) is 26.1 Å². The quantitative estimate of drug-likeness (QED) is 0.600. The first-order valence-corrected chi connectivity index (χ1v) is 5.01. The fraction of sp³-hybridized carbons (Fsp3) is 1.00. The minimum Gasteiger partial charge on any atom is -0.390 e. The maximum absolute atomic E-state index is 9.73. The Bertz CT molecular complexity index is 203. The Morgan fingerprint density at radius 3 is 2.38 bits per heavy atom. The number of hydrogen-bond acceptors (Lipinski definition) is 3. The molecule has 2 fully saturated rings. The highest BCUT2D eigenvalue weighted by atomic mass is 16.5. The van der Waals surface area contributed by atoms with Crippen molar-refractivity contribution in [1.82, 2.24) is 4.90 Å². The summed E-state index contributed by atoms with van der Waals surface area (Å²) < 4.78 is 5.62. The molecule has 1 spiro atoms. The molecule has 0 aliphatic carbocycles. The molecule has 0 amide bonds. The van der Waals surface area contributed by atoms with Crippen molar-refractivity contribution in [2.45, 2.75) is 44.4 Å². The average Bonchev–Trinajstić information content (AvgIpc) is 2.24. The first kappa shape index (κ1) is 9.44. The molecule has 0 saturated carbocycles. The van der Waals surface area contributed by atoms with Crippen LogP contribution in [-0.4, -0.2) is 46.9 Å². The van der Waals surface area contributed by atoms with Gasteiger partial charge in [-0.2, -0.15) is 0 Å². The lowest BCUT2D eigenvalue weighted by Gasteiger charge is -2.54. The normalized spacial score (nSPS) is 33.7. The van der Waals surface area contributed by atoms with Gasteiger partial charge in [-0.05, 0) is 27.2 Å². The van der Waals surface area contributed by atoms with Crippen LogP contribution in [0.25, 0.3) is 0 Å². The minimum atomic E-state index is -0.244. The SMILES string of the molecule is CC(C)(C)N1CC2(C1)OCC[C@H]2O. The number of hydrogen-bond donors (Lipinski definition) is 1. The van der Waals surface area contributed by atoms with Crippen molar-refractivity contribution in [3.05, 3.63) is 0 Å². The fourth-order valence-electron chi connectivity index (χ4n) is 2.11. The average molecular weight is 185 g/mol. The Morgan fingerprint density at radius 1 is 1.38 bits per heavy atom. The molecule has 0 aromatic carbocycles. The van der Waals surface area contributed by atoms with Gasteiger partial charge in [0.1, 0.15) is 5.60 Å². The van der Waals surface area contributed by atoms with E-state index in [1.807, 2.05) is 0 Å². The van der Waals surface area contributed by atoms with Crippen molar-refractivity contribution < 1.29 is 9.84 Å². The zero-order valence-corrected chi connectivity index (χ0v) is 8.71. The number of likely N-dealkylation sites (tertiary alicyclic amines) is 1. The highest BCUT2D eigenvalue weighted by molar-refractivity contribution is 5.07. The van der Waals surface area contributed by atoms with Gasteiger partial charge in [-0.3, -0.25) is 4.90 Å². The van der Waals surface area contributed by atoms with Crippen molar-refractivity contribution in [3.63, 3.8) is 0 Å². The molecule has 2 heterocycles. The van der Waals surface area contributed by atoms with Crippen molar-refractivity contribution >= 4 is 0 Å². The Kier molecular flexibility index (Phi) is 1.95. The lowest BCUT2D eigenvalue weighted by atomic mass is 9.84. The second-order valence-corrected chi connectivity index (χ2v) is 5.24. The summed E-state index contributed by atoms with van der Waals surface area (Å²) in [5.41, 5.74) is -0.00972. The lowest BCUT2D eigenvalue weighted by Crippen LogP contribution is -2.70. The molecule has 0 unspecified atom stereocenters. The Morgan fingerprint density at radius 2 is 2.00 bits per heavy atom. The maximum atomic E-state index is 9.73. The van der Waals surface area contributed by atoms with Crippen LogP contribution in [0.5, 0.6) is 0 Å². The van der Waals surface area contributed by atoms with Gasteiger partial charge in [-0.25, -0.2) is 0 Å². The molecule has 0 aromatic rings. The number of nitrogens with zero attached hydrogens (tertiary/aromatic N) is 1. The van der Waals surface area contributed by atoms with Crippen molar-refractivity contribution in [2.75, 3.05) is 19.7 Å². The van der Waals surface area contributed by atoms with Gasteiger partial charge in [0.05, 0.1) is 12.7 Å². The van der Waals surface area contributed by atoms with E-state index in [2.05, 4.69) is 25.7 Å². The van der Waals surface area contributed by atoms with E-state index >= 15 is 0 Å². The zero-order valence-electron chi connectivity index (χ0n) is 8.71. The van der Waals surface area contributed by atoms with Gasteiger partial charge in [0.15, 0.2) is 0 Å². The monoisotopic (exact) mass is 185 g/mol. The summed E-state index contributed by atoms with van der Waals surface area (Å²) in [6.07, 6.45) is 0.559. The summed E-state index contributed by atoms with van der Waals surface area (Å²) in [6.45, 7) is 9.08. The summed E-state index contributed by atoms with van der Waals surface area (Å²) in [4.78, 5) is 2.35. The molecular weight excluding hydrogens is 166 g/mol. The topological polar surface area (TPSA) is 32.7 Å². The molecule has 1 atom stereocenters. The largest absolute Gasteiger partial charge is 0.390 e. The lowest BCUT2D eigenvalue weighted by molar-refractivity contribution is -0.176. The summed E-state index contributed by atoms with van der Waals surface area (Å²) in [5, 5.41) is 9.73. The third-order valence-corrected chi connectivity index (χ3v) is 3.25. The Hall–Kier alpha value is -0.120. The number of rotatable bonds is 0. The summed E-state index contributed by atoms with van der Waals surface area (Å²) in [6, 6.07) is 0. The van der Waals surface area contributed by atoms with Crippen LogP contribution < -0.4 is 0 Å². The van der Waals surface area contributed by atoms with Crippen LogP contribution in [0, 0.1) is 0 Å². The van der Waals surface area contributed by atoms with Gasteiger partial charge >= 0.3 is 0 Å². The molecule has 0 radical (unpaired) electrons. The van der Waals surface area contributed by atoms with E-state index in [4.69, 9.17) is 4.74 Å². The van der Waals surface area contributed by atoms with E-state index < -0.39 is 0 Å². The summed E-state index contributed by atoms with van der Waals surface area (Å²) in [5.74, 6) is 0. The highest BCUT2D eigenvalue weighted by Crippen LogP contribution is 2.38. The predicted octanol–water partition coefficient (Wildman–Crippen LogP) is 0.620. The van der Waals surface area contributed by atoms with E-state index in [9.17, 15) is 5.11 Å². The van der Waals surface area contributed by atoms with Crippen LogP contribution in [-0.2, 0) is 4.74 Å². The second-order valence-electron chi connectivity index (χ2n) is 5.24. The predicted molar refractivity (Wildman–Crippen MR) is 50.6 cm³/mol. The Balaban J connectivity index is 1.97. The molecule has 1 N–H and O–H groups in total. The minimum absolute atomic E-state index is 0.205. The number of aliphatic hydroxyl groups is 1. The van der Waals surface area contributed by atoms with Crippen molar-refractivity contribution in [1.29, 1.82) is 0 Å². The first-order valence-electron chi connectivity index (χ1n) is 5.01. The standard InChI is InChI=1S/C10H19NO2/c1-9(2,3)11-6-10(7-11)8(12)4-5-13-10/h8,12H,4-7H2,1-3H3/t8-/m1/s1. The molecule has 2 aliphatic rings. The molecule has 2 aliphatic heterocycles. The highest BCUT2D eigenvalue weighted by Gasteiger charge is 2.54. The molecule has 13 heavy (non-hydrogen) atoms. The van der Waals surface area contributed by atoms with Gasteiger partial charge in [-0.1, -0.05) is 0 Å². The van der Waals surface area contributed by atoms with Gasteiger partial charge in [0, 0.05) is 18.6 Å². The van der Waals surface area contributed by atoms with Gasteiger partial charge < -0.3 is 9.84 Å². The molecule has 2 saturated heterocycles. The van der Waals surface area contributed by atoms with Crippen LogP contribution in [0.4, 0.5) is 0 Å². The number of aliphatic hydroxyl groups excluding tert-OH is 1. The maximum Gasteiger partial charge on any atom is 0.119 e. The van der Waals surface area contributed by atoms with Crippen LogP contribution in [0.2, 0.25) is 0 Å². The van der Waals surface area contributed by atoms with Crippen LogP contribution >= 0.6 is 0 Å². The first-order chi connectivity index (χ1) is 5.94. The molecule has 2 rings (SSSR count). The number of ether oxygens (including phenoxy) is 1. The molecule has 3 nitrogen and oxygen atoms in total. The third kappa shape index (κ3) is 1.39. The molecule has 3 heteroatoms. The second kappa shape index (κ2) is 2.69. The van der Waals surface area contributed by atoms with Crippen molar-refractivity contribution in [3.8, 4) is 0 Å². The van der Waals surface area contributed by atoms with E-state index in [1.165, 1.54) is 0 Å². The molecular formula is C10H19NO2. The molecule has 0 aromatic heterocycles. The van der Waals surface area contributed by atoms with E-state index in [1.54, 1.807) is 0 Å². The zero-order chi connectivity index (χ0) is 9.69.